The second kappa shape index (κ2) is 7.15. The minimum Gasteiger partial charge on any atom is -0.166 e. The van der Waals surface area contributed by atoms with Crippen LogP contribution in [0.15, 0.2) is 72.8 Å². The number of benzene rings is 2. The summed E-state index contributed by atoms with van der Waals surface area (Å²) < 4.78 is 38.1. The lowest BCUT2D eigenvalue weighted by molar-refractivity contribution is -0.137. The van der Waals surface area contributed by atoms with Gasteiger partial charge in [0.15, 0.2) is 0 Å². The van der Waals surface area contributed by atoms with Crippen molar-refractivity contribution in [3.63, 3.8) is 0 Å². The first-order chi connectivity index (χ1) is 12.9. The zero-order chi connectivity index (χ0) is 19.0. The number of thiophene rings is 2. The topological polar surface area (TPSA) is 0 Å². The molecule has 0 spiro atoms. The van der Waals surface area contributed by atoms with Crippen molar-refractivity contribution >= 4 is 34.3 Å². The first-order valence-corrected chi connectivity index (χ1v) is 10.0. The highest BCUT2D eigenvalue weighted by atomic mass is 35.5. The van der Waals surface area contributed by atoms with Crippen molar-refractivity contribution in [3.8, 4) is 30.6 Å². The van der Waals surface area contributed by atoms with Crippen molar-refractivity contribution in [2.75, 3.05) is 0 Å². The monoisotopic (exact) mass is 420 g/mol. The second-order valence-corrected chi connectivity index (χ2v) is 8.51. The van der Waals surface area contributed by atoms with Crippen molar-refractivity contribution < 1.29 is 13.2 Å². The van der Waals surface area contributed by atoms with Crippen LogP contribution in [-0.2, 0) is 6.18 Å². The number of rotatable bonds is 3. The molecule has 2 heterocycles. The fourth-order valence-electron chi connectivity index (χ4n) is 2.69. The van der Waals surface area contributed by atoms with Crippen LogP contribution in [0.25, 0.3) is 30.6 Å². The molecule has 136 valence electrons. The van der Waals surface area contributed by atoms with Gasteiger partial charge in [0.1, 0.15) is 0 Å². The number of alkyl halides is 3. The van der Waals surface area contributed by atoms with Gasteiger partial charge in [-0.1, -0.05) is 35.9 Å². The molecule has 2 aromatic heterocycles. The van der Waals surface area contributed by atoms with Gasteiger partial charge in [-0.15, -0.1) is 22.7 Å². The largest absolute Gasteiger partial charge is 0.416 e. The standard InChI is InChI=1S/C21H12ClF3S2/c22-16-7-3-14(4-8-16)18-10-12-20(27-18)19-11-9-17(26-19)13-1-5-15(6-2-13)21(23,24)25/h1-12H. The Morgan fingerprint density at radius 1 is 0.556 bits per heavy atom. The number of hydrogen-bond acceptors (Lipinski definition) is 2. The van der Waals surface area contributed by atoms with Crippen molar-refractivity contribution in [2.45, 2.75) is 6.18 Å². The van der Waals surface area contributed by atoms with Gasteiger partial charge in [0.05, 0.1) is 5.56 Å². The minimum absolute atomic E-state index is 0.631. The van der Waals surface area contributed by atoms with Gasteiger partial charge in [-0.3, -0.25) is 0 Å². The Labute approximate surface area is 167 Å². The van der Waals surface area contributed by atoms with Gasteiger partial charge in [0.25, 0.3) is 0 Å². The fraction of sp³-hybridized carbons (Fsp3) is 0.0476. The molecule has 0 fully saturated rings. The highest BCUT2D eigenvalue weighted by Gasteiger charge is 2.30. The van der Waals surface area contributed by atoms with Gasteiger partial charge in [0, 0.05) is 24.5 Å². The summed E-state index contributed by atoms with van der Waals surface area (Å²) in [7, 11) is 0. The van der Waals surface area contributed by atoms with Crippen LogP contribution in [0.3, 0.4) is 0 Å². The quantitative estimate of drug-likeness (QED) is 0.311. The van der Waals surface area contributed by atoms with Crippen molar-refractivity contribution in [1.29, 1.82) is 0 Å². The first kappa shape index (κ1) is 18.3. The summed E-state index contributed by atoms with van der Waals surface area (Å²) in [6.45, 7) is 0. The van der Waals surface area contributed by atoms with Gasteiger partial charge in [-0.05, 0) is 59.7 Å². The summed E-state index contributed by atoms with van der Waals surface area (Å²) in [5.74, 6) is 0. The fourth-order valence-corrected chi connectivity index (χ4v) is 4.93. The lowest BCUT2D eigenvalue weighted by Crippen LogP contribution is -2.03. The molecule has 0 aliphatic rings. The molecule has 0 nitrogen and oxygen atoms in total. The van der Waals surface area contributed by atoms with Gasteiger partial charge in [0.2, 0.25) is 0 Å². The Bertz CT molecular complexity index is 1060. The lowest BCUT2D eigenvalue weighted by Gasteiger charge is -2.06. The summed E-state index contributed by atoms with van der Waals surface area (Å²) in [5.41, 5.74) is 1.26. The molecule has 0 radical (unpaired) electrons. The molecule has 4 rings (SSSR count). The molecule has 0 unspecified atom stereocenters. The molecule has 0 bridgehead atoms. The summed E-state index contributed by atoms with van der Waals surface area (Å²) in [4.78, 5) is 4.31. The SMILES string of the molecule is FC(F)(F)c1ccc(-c2ccc(-c3ccc(-c4ccc(Cl)cc4)s3)s2)cc1. The maximum absolute atomic E-state index is 12.7. The van der Waals surface area contributed by atoms with Crippen LogP contribution in [0.4, 0.5) is 13.2 Å². The molecular formula is C21H12ClF3S2. The van der Waals surface area contributed by atoms with E-state index in [1.807, 2.05) is 36.4 Å². The van der Waals surface area contributed by atoms with E-state index < -0.39 is 11.7 Å². The molecular weight excluding hydrogens is 409 g/mol. The summed E-state index contributed by atoms with van der Waals surface area (Å²) in [6.07, 6.45) is -4.31. The van der Waals surface area contributed by atoms with Gasteiger partial charge >= 0.3 is 6.18 Å². The van der Waals surface area contributed by atoms with Crippen LogP contribution >= 0.6 is 34.3 Å². The molecule has 2 aromatic carbocycles. The van der Waals surface area contributed by atoms with E-state index in [4.69, 9.17) is 11.6 Å². The Balaban J connectivity index is 1.59. The van der Waals surface area contributed by atoms with E-state index >= 15 is 0 Å². The average molecular weight is 421 g/mol. The molecule has 4 aromatic rings. The minimum atomic E-state index is -4.31. The zero-order valence-corrected chi connectivity index (χ0v) is 16.1. The third-order valence-corrected chi connectivity index (χ3v) is 6.80. The third kappa shape index (κ3) is 3.95. The van der Waals surface area contributed by atoms with Crippen LogP contribution in [-0.4, -0.2) is 0 Å². The van der Waals surface area contributed by atoms with Crippen molar-refractivity contribution in [1.82, 2.24) is 0 Å². The second-order valence-electron chi connectivity index (χ2n) is 5.91. The van der Waals surface area contributed by atoms with E-state index in [-0.39, 0.29) is 0 Å². The van der Waals surface area contributed by atoms with Crippen LogP contribution in [0.1, 0.15) is 5.56 Å². The Kier molecular flexibility index (Phi) is 4.84. The smallest absolute Gasteiger partial charge is 0.166 e. The normalized spacial score (nSPS) is 11.7. The zero-order valence-electron chi connectivity index (χ0n) is 13.8. The Hall–Kier alpha value is -2.08. The average Bonchev–Trinajstić information content (AvgIpc) is 3.31. The predicted molar refractivity (Wildman–Crippen MR) is 109 cm³/mol. The molecule has 6 heteroatoms. The van der Waals surface area contributed by atoms with Gasteiger partial charge < -0.3 is 0 Å². The van der Waals surface area contributed by atoms with Crippen LogP contribution in [0.2, 0.25) is 5.02 Å². The van der Waals surface area contributed by atoms with E-state index in [1.54, 1.807) is 22.7 Å². The maximum Gasteiger partial charge on any atom is 0.416 e. The molecule has 0 amide bonds. The molecule has 0 aliphatic heterocycles. The lowest BCUT2D eigenvalue weighted by atomic mass is 10.1. The Morgan fingerprint density at radius 3 is 1.41 bits per heavy atom. The molecule has 0 atom stereocenters. The van der Waals surface area contributed by atoms with Crippen molar-refractivity contribution in [2.24, 2.45) is 0 Å². The van der Waals surface area contributed by atoms with Gasteiger partial charge in [-0.2, -0.15) is 13.2 Å². The third-order valence-electron chi connectivity index (χ3n) is 4.08. The molecule has 0 aliphatic carbocycles. The summed E-state index contributed by atoms with van der Waals surface area (Å²) in [6, 6.07) is 21.1. The maximum atomic E-state index is 12.7. The number of halogens is 4. The van der Waals surface area contributed by atoms with E-state index in [9.17, 15) is 13.2 Å². The van der Waals surface area contributed by atoms with Crippen LogP contribution < -0.4 is 0 Å². The molecule has 27 heavy (non-hydrogen) atoms. The number of hydrogen-bond donors (Lipinski definition) is 0. The Morgan fingerprint density at radius 2 is 0.963 bits per heavy atom. The highest BCUT2D eigenvalue weighted by molar-refractivity contribution is 7.25. The van der Waals surface area contributed by atoms with Gasteiger partial charge in [-0.25, -0.2) is 0 Å². The molecule has 0 N–H and O–H groups in total. The first-order valence-electron chi connectivity index (χ1n) is 8.04. The summed E-state index contributed by atoms with van der Waals surface area (Å²) in [5, 5.41) is 0.704. The van der Waals surface area contributed by atoms with E-state index in [1.165, 1.54) is 12.1 Å². The van der Waals surface area contributed by atoms with Crippen LogP contribution in [0.5, 0.6) is 0 Å². The van der Waals surface area contributed by atoms with Crippen molar-refractivity contribution in [3.05, 3.63) is 83.4 Å². The van der Waals surface area contributed by atoms with E-state index in [0.29, 0.717) is 5.02 Å². The van der Waals surface area contributed by atoms with Crippen LogP contribution in [0, 0.1) is 0 Å². The summed E-state index contributed by atoms with van der Waals surface area (Å²) >= 11 is 9.19. The molecule has 0 saturated heterocycles. The van der Waals surface area contributed by atoms with E-state index in [0.717, 1.165) is 42.8 Å². The van der Waals surface area contributed by atoms with E-state index in [2.05, 4.69) is 12.1 Å². The predicted octanol–water partition coefficient (Wildman–Crippen LogP) is 8.48. The molecule has 0 saturated carbocycles. The highest BCUT2D eigenvalue weighted by Crippen LogP contribution is 2.41.